The van der Waals surface area contributed by atoms with Gasteiger partial charge in [0.25, 0.3) is 5.91 Å². The third kappa shape index (κ3) is 2.93. The molecule has 3 fully saturated rings. The molecule has 0 radical (unpaired) electrons. The quantitative estimate of drug-likeness (QED) is 0.851. The number of amides is 2. The fourth-order valence-electron chi connectivity index (χ4n) is 3.75. The molecule has 0 bridgehead atoms. The molecular formula is C16H22N4O3S. The van der Waals surface area contributed by atoms with Gasteiger partial charge >= 0.3 is 0 Å². The van der Waals surface area contributed by atoms with Crippen LogP contribution in [0.25, 0.3) is 0 Å². The van der Waals surface area contributed by atoms with E-state index in [1.807, 2.05) is 11.8 Å². The SMILES string of the molecule is Cc1snnc1C(=O)N1C[C@@H]2COC[C@]2(CNC(=O)CC2CC2)C1. The highest BCUT2D eigenvalue weighted by atomic mass is 32.1. The minimum absolute atomic E-state index is 0.0562. The molecular weight excluding hydrogens is 328 g/mol. The Kier molecular flexibility index (Phi) is 4.04. The van der Waals surface area contributed by atoms with E-state index in [-0.39, 0.29) is 23.1 Å². The molecule has 1 aliphatic carbocycles. The van der Waals surface area contributed by atoms with Crippen LogP contribution in [0.1, 0.15) is 34.6 Å². The van der Waals surface area contributed by atoms with Crippen molar-refractivity contribution in [1.29, 1.82) is 0 Å². The van der Waals surface area contributed by atoms with E-state index >= 15 is 0 Å². The zero-order valence-electron chi connectivity index (χ0n) is 13.8. The van der Waals surface area contributed by atoms with Gasteiger partial charge in [-0.3, -0.25) is 9.59 Å². The molecule has 1 N–H and O–H groups in total. The van der Waals surface area contributed by atoms with Gasteiger partial charge in [-0.25, -0.2) is 0 Å². The number of carbonyl (C=O) groups is 2. The number of aromatic nitrogens is 2. The van der Waals surface area contributed by atoms with Crippen LogP contribution in [0.15, 0.2) is 0 Å². The van der Waals surface area contributed by atoms with Gasteiger partial charge in [-0.15, -0.1) is 5.10 Å². The second-order valence-electron chi connectivity index (χ2n) is 7.36. The first-order chi connectivity index (χ1) is 11.6. The lowest BCUT2D eigenvalue weighted by molar-refractivity contribution is -0.122. The van der Waals surface area contributed by atoms with E-state index in [2.05, 4.69) is 14.9 Å². The monoisotopic (exact) mass is 350 g/mol. The number of nitrogens with one attached hydrogen (secondary N) is 1. The van der Waals surface area contributed by atoms with Crippen molar-refractivity contribution < 1.29 is 14.3 Å². The van der Waals surface area contributed by atoms with Crippen LogP contribution < -0.4 is 5.32 Å². The molecule has 2 aliphatic heterocycles. The predicted molar refractivity (Wildman–Crippen MR) is 87.6 cm³/mol. The number of fused-ring (bicyclic) bond motifs is 1. The zero-order chi connectivity index (χ0) is 16.7. The van der Waals surface area contributed by atoms with Crippen molar-refractivity contribution in [2.75, 3.05) is 32.8 Å². The molecule has 8 heteroatoms. The molecule has 1 aromatic rings. The van der Waals surface area contributed by atoms with E-state index in [4.69, 9.17) is 4.74 Å². The Labute approximate surface area is 144 Å². The summed E-state index contributed by atoms with van der Waals surface area (Å²) in [5.74, 6) is 0.927. The topological polar surface area (TPSA) is 84.4 Å². The minimum Gasteiger partial charge on any atom is -0.380 e. The van der Waals surface area contributed by atoms with Gasteiger partial charge in [0, 0.05) is 37.4 Å². The van der Waals surface area contributed by atoms with Crippen LogP contribution in [0.5, 0.6) is 0 Å². The summed E-state index contributed by atoms with van der Waals surface area (Å²) in [6.45, 7) is 4.97. The molecule has 1 saturated carbocycles. The highest BCUT2D eigenvalue weighted by Crippen LogP contribution is 2.41. The maximum absolute atomic E-state index is 12.7. The van der Waals surface area contributed by atoms with Gasteiger partial charge in [-0.05, 0) is 37.2 Å². The Hall–Kier alpha value is -1.54. The highest BCUT2D eigenvalue weighted by molar-refractivity contribution is 7.05. The van der Waals surface area contributed by atoms with Crippen molar-refractivity contribution in [3.8, 4) is 0 Å². The lowest BCUT2D eigenvalue weighted by Gasteiger charge is -2.27. The Bertz CT molecular complexity index is 660. The first-order valence-corrected chi connectivity index (χ1v) is 9.27. The number of nitrogens with zero attached hydrogens (tertiary/aromatic N) is 3. The van der Waals surface area contributed by atoms with Crippen LogP contribution in [0, 0.1) is 24.2 Å². The number of ether oxygens (including phenoxy) is 1. The van der Waals surface area contributed by atoms with E-state index in [0.717, 1.165) is 4.88 Å². The van der Waals surface area contributed by atoms with E-state index in [9.17, 15) is 9.59 Å². The maximum Gasteiger partial charge on any atom is 0.275 e. The minimum atomic E-state index is -0.160. The van der Waals surface area contributed by atoms with Gasteiger partial charge in [0.15, 0.2) is 5.69 Å². The molecule has 2 saturated heterocycles. The van der Waals surface area contributed by atoms with Crippen molar-refractivity contribution in [2.24, 2.45) is 17.3 Å². The van der Waals surface area contributed by atoms with Crippen LogP contribution in [-0.4, -0.2) is 59.1 Å². The smallest absolute Gasteiger partial charge is 0.275 e. The van der Waals surface area contributed by atoms with Gasteiger partial charge in [0.1, 0.15) is 0 Å². The molecule has 2 amide bonds. The molecule has 0 unspecified atom stereocenters. The summed E-state index contributed by atoms with van der Waals surface area (Å²) in [5.41, 5.74) is 0.292. The first-order valence-electron chi connectivity index (χ1n) is 8.50. The third-order valence-corrected chi connectivity index (χ3v) is 6.10. The number of hydrogen-bond acceptors (Lipinski definition) is 6. The van der Waals surface area contributed by atoms with Crippen molar-refractivity contribution in [2.45, 2.75) is 26.2 Å². The van der Waals surface area contributed by atoms with Crippen LogP contribution in [0.3, 0.4) is 0 Å². The molecule has 3 heterocycles. The summed E-state index contributed by atoms with van der Waals surface area (Å²) in [5, 5.41) is 7.05. The second-order valence-corrected chi connectivity index (χ2v) is 8.32. The van der Waals surface area contributed by atoms with Crippen molar-refractivity contribution >= 4 is 23.3 Å². The molecule has 7 nitrogen and oxygen atoms in total. The summed E-state index contributed by atoms with van der Waals surface area (Å²) in [6.07, 6.45) is 2.98. The molecule has 1 aromatic heterocycles. The summed E-state index contributed by atoms with van der Waals surface area (Å²) < 4.78 is 9.53. The van der Waals surface area contributed by atoms with Gasteiger partial charge < -0.3 is 15.0 Å². The molecule has 0 aromatic carbocycles. The normalized spacial score (nSPS) is 28.9. The third-order valence-electron chi connectivity index (χ3n) is 5.47. The predicted octanol–water partition coefficient (Wildman–Crippen LogP) is 0.851. The Morgan fingerprint density at radius 1 is 1.46 bits per heavy atom. The van der Waals surface area contributed by atoms with Gasteiger partial charge in [0.05, 0.1) is 18.1 Å². The zero-order valence-corrected chi connectivity index (χ0v) is 14.6. The Morgan fingerprint density at radius 2 is 2.29 bits per heavy atom. The van der Waals surface area contributed by atoms with Crippen LogP contribution >= 0.6 is 11.5 Å². The number of aryl methyl sites for hydroxylation is 1. The number of carbonyl (C=O) groups excluding carboxylic acids is 2. The summed E-state index contributed by atoms with van der Waals surface area (Å²) >= 11 is 1.25. The molecule has 2 atom stereocenters. The second kappa shape index (κ2) is 6.07. The van der Waals surface area contributed by atoms with Crippen LogP contribution in [0.4, 0.5) is 0 Å². The standard InChI is InChI=1S/C16H22N4O3S/c1-10-14(18-19-24-10)15(22)20-5-12-6-23-9-16(12,8-20)7-17-13(21)4-11-2-3-11/h11-12H,2-9H2,1H3,(H,17,21)/t12-,16+/m1/s1. The largest absolute Gasteiger partial charge is 0.380 e. The number of rotatable bonds is 5. The van der Waals surface area contributed by atoms with Gasteiger partial charge in [-0.2, -0.15) is 0 Å². The van der Waals surface area contributed by atoms with Crippen LogP contribution in [-0.2, 0) is 9.53 Å². The molecule has 3 aliphatic rings. The molecule has 4 rings (SSSR count). The summed E-state index contributed by atoms with van der Waals surface area (Å²) in [7, 11) is 0. The Morgan fingerprint density at radius 3 is 3.00 bits per heavy atom. The lowest BCUT2D eigenvalue weighted by atomic mass is 9.81. The van der Waals surface area contributed by atoms with E-state index in [1.54, 1.807) is 0 Å². The fraction of sp³-hybridized carbons (Fsp3) is 0.750. The van der Waals surface area contributed by atoms with E-state index < -0.39 is 0 Å². The van der Waals surface area contributed by atoms with Crippen molar-refractivity contribution in [3.05, 3.63) is 10.6 Å². The summed E-state index contributed by atoms with van der Waals surface area (Å²) in [4.78, 5) is 27.4. The Balaban J connectivity index is 1.41. The summed E-state index contributed by atoms with van der Waals surface area (Å²) in [6, 6.07) is 0. The molecule has 130 valence electrons. The van der Waals surface area contributed by atoms with Gasteiger partial charge in [-0.1, -0.05) is 4.49 Å². The first kappa shape index (κ1) is 16.0. The fourth-order valence-corrected chi connectivity index (χ4v) is 4.21. The van der Waals surface area contributed by atoms with Gasteiger partial charge in [0.2, 0.25) is 5.91 Å². The van der Waals surface area contributed by atoms with Crippen LogP contribution in [0.2, 0.25) is 0 Å². The van der Waals surface area contributed by atoms with E-state index in [1.165, 1.54) is 24.4 Å². The van der Waals surface area contributed by atoms with E-state index in [0.29, 0.717) is 50.9 Å². The van der Waals surface area contributed by atoms with Crippen molar-refractivity contribution in [3.63, 3.8) is 0 Å². The lowest BCUT2D eigenvalue weighted by Crippen LogP contribution is -2.43. The number of likely N-dealkylation sites (tertiary alicyclic amines) is 1. The average molecular weight is 350 g/mol. The maximum atomic E-state index is 12.7. The van der Waals surface area contributed by atoms with Crippen molar-refractivity contribution in [1.82, 2.24) is 19.8 Å². The number of hydrogen-bond donors (Lipinski definition) is 1. The average Bonchev–Trinajstić information content (AvgIpc) is 2.96. The molecule has 24 heavy (non-hydrogen) atoms. The molecule has 0 spiro atoms. The highest BCUT2D eigenvalue weighted by Gasteiger charge is 2.52.